The van der Waals surface area contributed by atoms with Gasteiger partial charge in [0, 0.05) is 12.8 Å². The molecule has 1 aromatic carbocycles. The van der Waals surface area contributed by atoms with E-state index in [0.29, 0.717) is 12.0 Å². The standard InChI is InChI=1S/C25H40N2O8/c1-6-7-8-9-10-11-21(30)33-14-15-34-22(31)25(5,27-26-23(32)35-24(2,3)4)17-18-12-13-19(28)20(29)16-18/h12-13,16,27-29H,6-11,14-15,17H2,1-5H3,(H,26,32)/t25-/m0/s1. The maximum absolute atomic E-state index is 12.9. The van der Waals surface area contributed by atoms with E-state index in [-0.39, 0.29) is 37.1 Å². The van der Waals surface area contributed by atoms with Gasteiger partial charge >= 0.3 is 18.0 Å². The summed E-state index contributed by atoms with van der Waals surface area (Å²) in [6, 6.07) is 4.12. The summed E-state index contributed by atoms with van der Waals surface area (Å²) in [6.07, 6.45) is 4.61. The fourth-order valence-corrected chi connectivity index (χ4v) is 3.14. The van der Waals surface area contributed by atoms with E-state index in [1.54, 1.807) is 20.8 Å². The van der Waals surface area contributed by atoms with Gasteiger partial charge in [-0.1, -0.05) is 38.7 Å². The summed E-state index contributed by atoms with van der Waals surface area (Å²) in [5, 5.41) is 19.3. The van der Waals surface area contributed by atoms with Crippen molar-refractivity contribution in [3.05, 3.63) is 23.8 Å². The highest BCUT2D eigenvalue weighted by Crippen LogP contribution is 2.27. The van der Waals surface area contributed by atoms with Crippen LogP contribution in [0.2, 0.25) is 0 Å². The van der Waals surface area contributed by atoms with Crippen molar-refractivity contribution >= 4 is 18.0 Å². The summed E-state index contributed by atoms with van der Waals surface area (Å²) < 4.78 is 15.6. The lowest BCUT2D eigenvalue weighted by Crippen LogP contribution is -2.59. The zero-order valence-corrected chi connectivity index (χ0v) is 21.4. The lowest BCUT2D eigenvalue weighted by atomic mass is 9.93. The van der Waals surface area contributed by atoms with Gasteiger partial charge in [-0.05, 0) is 51.8 Å². The van der Waals surface area contributed by atoms with Gasteiger partial charge in [0.15, 0.2) is 11.5 Å². The van der Waals surface area contributed by atoms with Crippen molar-refractivity contribution in [1.29, 1.82) is 0 Å². The Morgan fingerprint density at radius 2 is 1.57 bits per heavy atom. The van der Waals surface area contributed by atoms with Crippen molar-refractivity contribution in [2.45, 2.75) is 90.7 Å². The number of phenolic OH excluding ortho intramolecular Hbond substituents is 2. The highest BCUT2D eigenvalue weighted by Gasteiger charge is 2.36. The fourth-order valence-electron chi connectivity index (χ4n) is 3.14. The number of phenols is 2. The number of ether oxygens (including phenoxy) is 3. The van der Waals surface area contributed by atoms with E-state index in [0.717, 1.165) is 32.1 Å². The molecule has 0 aromatic heterocycles. The molecular formula is C25H40N2O8. The van der Waals surface area contributed by atoms with E-state index in [2.05, 4.69) is 17.8 Å². The Hall–Kier alpha value is -3.01. The van der Waals surface area contributed by atoms with Gasteiger partial charge in [0.05, 0.1) is 0 Å². The second-order valence-electron chi connectivity index (χ2n) is 9.60. The number of benzene rings is 1. The van der Waals surface area contributed by atoms with E-state index >= 15 is 0 Å². The van der Waals surface area contributed by atoms with Gasteiger partial charge in [0.1, 0.15) is 24.4 Å². The Bertz CT molecular complexity index is 837. The molecule has 35 heavy (non-hydrogen) atoms. The van der Waals surface area contributed by atoms with E-state index in [1.165, 1.54) is 25.1 Å². The Balaban J connectivity index is 2.68. The Labute approximate surface area is 207 Å². The molecule has 0 saturated carbocycles. The molecule has 0 radical (unpaired) electrons. The van der Waals surface area contributed by atoms with Gasteiger partial charge < -0.3 is 24.4 Å². The minimum atomic E-state index is -1.47. The van der Waals surface area contributed by atoms with Crippen LogP contribution in [0.25, 0.3) is 0 Å². The third kappa shape index (κ3) is 12.3. The summed E-state index contributed by atoms with van der Waals surface area (Å²) in [6.45, 7) is 8.47. The van der Waals surface area contributed by atoms with Crippen LogP contribution in [0, 0.1) is 0 Å². The number of esters is 2. The van der Waals surface area contributed by atoms with Gasteiger partial charge in [0.2, 0.25) is 0 Å². The average molecular weight is 497 g/mol. The van der Waals surface area contributed by atoms with Crippen LogP contribution in [-0.2, 0) is 30.2 Å². The minimum absolute atomic E-state index is 0.00693. The number of aromatic hydroxyl groups is 2. The van der Waals surface area contributed by atoms with Crippen molar-refractivity contribution in [3.63, 3.8) is 0 Å². The molecule has 0 aliphatic rings. The van der Waals surface area contributed by atoms with Gasteiger partial charge in [-0.3, -0.25) is 10.2 Å². The molecule has 1 atom stereocenters. The summed E-state index contributed by atoms with van der Waals surface area (Å²) in [7, 11) is 0. The van der Waals surface area contributed by atoms with Gasteiger partial charge in [-0.2, -0.15) is 0 Å². The molecule has 1 rings (SSSR count). The lowest BCUT2D eigenvalue weighted by molar-refractivity contribution is -0.157. The third-order valence-electron chi connectivity index (χ3n) is 4.95. The molecule has 0 bridgehead atoms. The molecule has 0 aliphatic carbocycles. The maximum atomic E-state index is 12.9. The number of unbranched alkanes of at least 4 members (excludes halogenated alkanes) is 4. The topological polar surface area (TPSA) is 143 Å². The largest absolute Gasteiger partial charge is 0.504 e. The first kappa shape index (κ1) is 30.0. The van der Waals surface area contributed by atoms with Crippen LogP contribution in [0.4, 0.5) is 4.79 Å². The predicted octanol–water partition coefficient (Wildman–Crippen LogP) is 3.88. The molecule has 1 aromatic rings. The molecule has 0 saturated heterocycles. The number of rotatable bonds is 14. The number of hydrazine groups is 1. The first-order chi connectivity index (χ1) is 16.4. The molecule has 0 heterocycles. The number of nitrogens with one attached hydrogen (secondary N) is 2. The molecule has 4 N–H and O–H groups in total. The normalized spacial score (nSPS) is 12.9. The summed E-state index contributed by atoms with van der Waals surface area (Å²) >= 11 is 0. The molecular weight excluding hydrogens is 456 g/mol. The minimum Gasteiger partial charge on any atom is -0.504 e. The monoisotopic (exact) mass is 496 g/mol. The molecule has 0 unspecified atom stereocenters. The number of carbonyl (C=O) groups excluding carboxylic acids is 3. The first-order valence-electron chi connectivity index (χ1n) is 12.0. The van der Waals surface area contributed by atoms with Gasteiger partial charge in [-0.15, -0.1) is 0 Å². The van der Waals surface area contributed by atoms with Crippen LogP contribution in [0.5, 0.6) is 11.5 Å². The quantitative estimate of drug-likeness (QED) is 0.0991. The molecule has 198 valence electrons. The Morgan fingerprint density at radius 1 is 0.914 bits per heavy atom. The Kier molecular flexibility index (Phi) is 12.4. The van der Waals surface area contributed by atoms with Crippen molar-refractivity contribution in [2.24, 2.45) is 0 Å². The first-order valence-corrected chi connectivity index (χ1v) is 12.0. The molecule has 0 fully saturated rings. The second-order valence-corrected chi connectivity index (χ2v) is 9.60. The van der Waals surface area contributed by atoms with E-state index in [1.807, 2.05) is 0 Å². The molecule has 0 aliphatic heterocycles. The smallest absolute Gasteiger partial charge is 0.422 e. The van der Waals surface area contributed by atoms with E-state index in [4.69, 9.17) is 14.2 Å². The van der Waals surface area contributed by atoms with Crippen LogP contribution in [0.15, 0.2) is 18.2 Å². The fraction of sp³-hybridized carbons (Fsp3) is 0.640. The van der Waals surface area contributed by atoms with Crippen LogP contribution >= 0.6 is 0 Å². The van der Waals surface area contributed by atoms with E-state index in [9.17, 15) is 24.6 Å². The maximum Gasteiger partial charge on any atom is 0.422 e. The third-order valence-corrected chi connectivity index (χ3v) is 4.95. The van der Waals surface area contributed by atoms with Gasteiger partial charge in [0.25, 0.3) is 0 Å². The van der Waals surface area contributed by atoms with E-state index < -0.39 is 23.2 Å². The van der Waals surface area contributed by atoms with Crippen LogP contribution in [-0.4, -0.2) is 52.6 Å². The lowest BCUT2D eigenvalue weighted by Gasteiger charge is -2.29. The van der Waals surface area contributed by atoms with Crippen molar-refractivity contribution in [3.8, 4) is 11.5 Å². The number of hydrogen-bond donors (Lipinski definition) is 4. The summed E-state index contributed by atoms with van der Waals surface area (Å²) in [5.74, 6) is -1.72. The average Bonchev–Trinajstić information content (AvgIpc) is 2.76. The highest BCUT2D eigenvalue weighted by atomic mass is 16.6. The number of amides is 1. The second kappa shape index (κ2) is 14.4. The highest BCUT2D eigenvalue weighted by molar-refractivity contribution is 5.81. The van der Waals surface area contributed by atoms with Crippen molar-refractivity contribution in [2.75, 3.05) is 13.2 Å². The molecule has 1 amide bonds. The Morgan fingerprint density at radius 3 is 2.20 bits per heavy atom. The van der Waals surface area contributed by atoms with Crippen molar-refractivity contribution < 1.29 is 38.8 Å². The molecule has 0 spiro atoms. The van der Waals surface area contributed by atoms with Crippen molar-refractivity contribution in [1.82, 2.24) is 10.9 Å². The summed E-state index contributed by atoms with van der Waals surface area (Å²) in [4.78, 5) is 36.8. The summed E-state index contributed by atoms with van der Waals surface area (Å²) in [5.41, 5.74) is 3.27. The molecule has 10 nitrogen and oxygen atoms in total. The number of carbonyl (C=O) groups is 3. The van der Waals surface area contributed by atoms with Crippen LogP contribution in [0.1, 0.15) is 78.7 Å². The SMILES string of the molecule is CCCCCCCC(=O)OCCOC(=O)[C@](C)(Cc1ccc(O)c(O)c1)NNC(=O)OC(C)(C)C. The zero-order valence-electron chi connectivity index (χ0n) is 21.4. The zero-order chi connectivity index (χ0) is 26.5. The van der Waals surface area contributed by atoms with Crippen LogP contribution in [0.3, 0.4) is 0 Å². The number of hydrogen-bond acceptors (Lipinski definition) is 9. The van der Waals surface area contributed by atoms with Gasteiger partial charge in [-0.25, -0.2) is 15.0 Å². The predicted molar refractivity (Wildman–Crippen MR) is 130 cm³/mol. The van der Waals surface area contributed by atoms with Crippen LogP contribution < -0.4 is 10.9 Å². The molecule has 10 heteroatoms.